The molecule has 1 saturated heterocycles. The predicted molar refractivity (Wildman–Crippen MR) is 81.6 cm³/mol. The first-order chi connectivity index (χ1) is 9.84. The zero-order valence-electron chi connectivity index (χ0n) is 11.4. The minimum absolute atomic E-state index is 0.171. The first-order valence-corrected chi connectivity index (χ1v) is 8.01. The van der Waals surface area contributed by atoms with Crippen molar-refractivity contribution in [3.8, 4) is 0 Å². The van der Waals surface area contributed by atoms with Gasteiger partial charge in [0.25, 0.3) is 0 Å². The molecule has 0 saturated carbocycles. The van der Waals surface area contributed by atoms with Crippen molar-refractivity contribution in [1.29, 1.82) is 0 Å². The molecular formula is C16H19FN2S. The summed E-state index contributed by atoms with van der Waals surface area (Å²) in [6.07, 6.45) is 1.15. The second-order valence-electron chi connectivity index (χ2n) is 5.15. The van der Waals surface area contributed by atoms with Gasteiger partial charge in [-0.15, -0.1) is 0 Å². The fourth-order valence-corrected chi connectivity index (χ4v) is 3.49. The number of hydrogen-bond acceptors (Lipinski definition) is 3. The van der Waals surface area contributed by atoms with Crippen LogP contribution in [-0.2, 0) is 0 Å². The standard InChI is InChI=1S/C16H19FN2S/c17-15-4-2-13(3-5-15)16(14-6-11-20-12-14)19-9-1-7-18-8-10-19/h2-6,11-12,16,18H,1,7-10H2. The molecule has 1 atom stereocenters. The van der Waals surface area contributed by atoms with E-state index in [1.165, 1.54) is 11.1 Å². The summed E-state index contributed by atoms with van der Waals surface area (Å²) in [4.78, 5) is 2.50. The van der Waals surface area contributed by atoms with Crippen molar-refractivity contribution in [2.24, 2.45) is 0 Å². The summed E-state index contributed by atoms with van der Waals surface area (Å²) >= 11 is 1.72. The average molecular weight is 290 g/mol. The fourth-order valence-electron chi connectivity index (χ4n) is 2.81. The monoisotopic (exact) mass is 290 g/mol. The van der Waals surface area contributed by atoms with E-state index in [2.05, 4.69) is 27.0 Å². The van der Waals surface area contributed by atoms with Crippen molar-refractivity contribution < 1.29 is 4.39 Å². The maximum absolute atomic E-state index is 13.2. The van der Waals surface area contributed by atoms with Crippen LogP contribution >= 0.6 is 11.3 Å². The zero-order valence-corrected chi connectivity index (χ0v) is 12.2. The number of nitrogens with zero attached hydrogens (tertiary/aromatic N) is 1. The first kappa shape index (κ1) is 13.7. The molecule has 106 valence electrons. The molecule has 1 fully saturated rings. The van der Waals surface area contributed by atoms with Gasteiger partial charge in [0.1, 0.15) is 5.82 Å². The molecular weight excluding hydrogens is 271 g/mol. The van der Waals surface area contributed by atoms with Gasteiger partial charge in [0, 0.05) is 19.6 Å². The van der Waals surface area contributed by atoms with Crippen LogP contribution in [0.2, 0.25) is 0 Å². The maximum Gasteiger partial charge on any atom is 0.123 e. The minimum atomic E-state index is -0.171. The molecule has 1 aromatic heterocycles. The Morgan fingerprint density at radius 2 is 1.90 bits per heavy atom. The quantitative estimate of drug-likeness (QED) is 0.933. The zero-order chi connectivity index (χ0) is 13.8. The Morgan fingerprint density at radius 1 is 1.05 bits per heavy atom. The van der Waals surface area contributed by atoms with Crippen LogP contribution < -0.4 is 5.32 Å². The highest BCUT2D eigenvalue weighted by Gasteiger charge is 2.23. The highest BCUT2D eigenvalue weighted by Crippen LogP contribution is 2.30. The number of benzene rings is 1. The Kier molecular flexibility index (Phi) is 4.45. The lowest BCUT2D eigenvalue weighted by Gasteiger charge is -2.30. The van der Waals surface area contributed by atoms with Crippen molar-refractivity contribution in [2.75, 3.05) is 26.2 Å². The van der Waals surface area contributed by atoms with Crippen LogP contribution in [0.3, 0.4) is 0 Å². The Bertz CT molecular complexity index is 516. The van der Waals surface area contributed by atoms with E-state index < -0.39 is 0 Å². The van der Waals surface area contributed by atoms with E-state index in [0.29, 0.717) is 0 Å². The van der Waals surface area contributed by atoms with E-state index in [1.807, 2.05) is 12.1 Å². The van der Waals surface area contributed by atoms with Crippen LogP contribution in [0.25, 0.3) is 0 Å². The molecule has 0 amide bonds. The van der Waals surface area contributed by atoms with Crippen molar-refractivity contribution in [3.05, 3.63) is 58.0 Å². The Morgan fingerprint density at radius 3 is 2.65 bits per heavy atom. The van der Waals surface area contributed by atoms with Crippen molar-refractivity contribution in [2.45, 2.75) is 12.5 Å². The predicted octanol–water partition coefficient (Wildman–Crippen LogP) is 3.27. The summed E-state index contributed by atoms with van der Waals surface area (Å²) in [6.45, 7) is 4.20. The molecule has 1 N–H and O–H groups in total. The van der Waals surface area contributed by atoms with Crippen LogP contribution in [0.15, 0.2) is 41.1 Å². The summed E-state index contributed by atoms with van der Waals surface area (Å²) < 4.78 is 13.2. The van der Waals surface area contributed by atoms with E-state index >= 15 is 0 Å². The van der Waals surface area contributed by atoms with Gasteiger partial charge in [-0.05, 0) is 53.1 Å². The molecule has 2 heterocycles. The molecule has 3 rings (SSSR count). The molecule has 20 heavy (non-hydrogen) atoms. The fraction of sp³-hybridized carbons (Fsp3) is 0.375. The second-order valence-corrected chi connectivity index (χ2v) is 5.93. The highest BCUT2D eigenvalue weighted by molar-refractivity contribution is 7.08. The van der Waals surface area contributed by atoms with Gasteiger partial charge < -0.3 is 5.32 Å². The van der Waals surface area contributed by atoms with Crippen molar-refractivity contribution >= 4 is 11.3 Å². The van der Waals surface area contributed by atoms with E-state index in [-0.39, 0.29) is 11.9 Å². The molecule has 0 spiro atoms. The molecule has 0 radical (unpaired) electrons. The molecule has 2 aromatic rings. The Labute approximate surface area is 123 Å². The normalized spacial score (nSPS) is 18.6. The van der Waals surface area contributed by atoms with Gasteiger partial charge >= 0.3 is 0 Å². The topological polar surface area (TPSA) is 15.3 Å². The van der Waals surface area contributed by atoms with Crippen LogP contribution in [0, 0.1) is 5.82 Å². The van der Waals surface area contributed by atoms with E-state index in [9.17, 15) is 4.39 Å². The largest absolute Gasteiger partial charge is 0.315 e. The number of nitrogens with one attached hydrogen (secondary N) is 1. The van der Waals surface area contributed by atoms with Gasteiger partial charge in [-0.2, -0.15) is 11.3 Å². The minimum Gasteiger partial charge on any atom is -0.315 e. The van der Waals surface area contributed by atoms with Gasteiger partial charge in [0.15, 0.2) is 0 Å². The van der Waals surface area contributed by atoms with Crippen LogP contribution in [-0.4, -0.2) is 31.1 Å². The van der Waals surface area contributed by atoms with Crippen LogP contribution in [0.5, 0.6) is 0 Å². The third-order valence-corrected chi connectivity index (χ3v) is 4.49. The first-order valence-electron chi connectivity index (χ1n) is 7.07. The lowest BCUT2D eigenvalue weighted by Crippen LogP contribution is -2.32. The van der Waals surface area contributed by atoms with E-state index in [4.69, 9.17) is 0 Å². The molecule has 1 aromatic carbocycles. The highest BCUT2D eigenvalue weighted by atomic mass is 32.1. The summed E-state index contributed by atoms with van der Waals surface area (Å²) in [5.41, 5.74) is 2.48. The van der Waals surface area contributed by atoms with E-state index in [1.54, 1.807) is 23.5 Å². The second kappa shape index (κ2) is 6.48. The molecule has 0 bridgehead atoms. The third kappa shape index (κ3) is 3.08. The summed E-state index contributed by atoms with van der Waals surface area (Å²) in [5.74, 6) is -0.171. The number of halogens is 1. The van der Waals surface area contributed by atoms with Crippen LogP contribution in [0.4, 0.5) is 4.39 Å². The smallest absolute Gasteiger partial charge is 0.123 e. The van der Waals surface area contributed by atoms with Crippen molar-refractivity contribution in [1.82, 2.24) is 10.2 Å². The molecule has 1 unspecified atom stereocenters. The molecule has 0 aliphatic carbocycles. The van der Waals surface area contributed by atoms with Gasteiger partial charge in [-0.25, -0.2) is 4.39 Å². The lowest BCUT2D eigenvalue weighted by atomic mass is 9.99. The molecule has 2 nitrogen and oxygen atoms in total. The van der Waals surface area contributed by atoms with Crippen LogP contribution in [0.1, 0.15) is 23.6 Å². The van der Waals surface area contributed by atoms with Gasteiger partial charge in [0.2, 0.25) is 0 Å². The number of hydrogen-bond donors (Lipinski definition) is 1. The third-order valence-electron chi connectivity index (χ3n) is 3.78. The molecule has 4 heteroatoms. The maximum atomic E-state index is 13.2. The Balaban J connectivity index is 1.93. The summed E-state index contributed by atoms with van der Waals surface area (Å²) in [6, 6.07) is 9.36. The number of rotatable bonds is 3. The molecule has 1 aliphatic heterocycles. The summed E-state index contributed by atoms with van der Waals surface area (Å²) in [7, 11) is 0. The SMILES string of the molecule is Fc1ccc(C(c2ccsc2)N2CCCNCC2)cc1. The van der Waals surface area contributed by atoms with Gasteiger partial charge in [-0.1, -0.05) is 12.1 Å². The van der Waals surface area contributed by atoms with Gasteiger partial charge in [0.05, 0.1) is 6.04 Å². The lowest BCUT2D eigenvalue weighted by molar-refractivity contribution is 0.241. The van der Waals surface area contributed by atoms with Crippen molar-refractivity contribution in [3.63, 3.8) is 0 Å². The van der Waals surface area contributed by atoms with E-state index in [0.717, 1.165) is 32.6 Å². The van der Waals surface area contributed by atoms with Gasteiger partial charge in [-0.3, -0.25) is 4.90 Å². The Hall–Kier alpha value is -1.23. The number of thiophene rings is 1. The summed E-state index contributed by atoms with van der Waals surface area (Å²) in [5, 5.41) is 7.75. The molecule has 1 aliphatic rings. The average Bonchev–Trinajstić information content (AvgIpc) is 2.85.